The van der Waals surface area contributed by atoms with Crippen LogP contribution in [-0.2, 0) is 4.74 Å². The Hall–Kier alpha value is -1.46. The summed E-state index contributed by atoms with van der Waals surface area (Å²) in [5.41, 5.74) is 0.872. The summed E-state index contributed by atoms with van der Waals surface area (Å²) in [6.45, 7) is 0.889. The van der Waals surface area contributed by atoms with Crippen molar-refractivity contribution in [2.24, 2.45) is 0 Å². The van der Waals surface area contributed by atoms with E-state index in [9.17, 15) is 5.11 Å². The highest BCUT2D eigenvalue weighted by Crippen LogP contribution is 2.30. The van der Waals surface area contributed by atoms with Gasteiger partial charge in [-0.3, -0.25) is 0 Å². The molecule has 0 aromatic heterocycles. The Bertz CT molecular complexity index is 383. The normalized spacial score (nSPS) is 23.5. The molecule has 1 saturated heterocycles. The third-order valence-corrected chi connectivity index (χ3v) is 2.79. The van der Waals surface area contributed by atoms with Crippen LogP contribution in [0, 0.1) is 0 Å². The van der Waals surface area contributed by atoms with Gasteiger partial charge in [-0.15, -0.1) is 0 Å². The van der Waals surface area contributed by atoms with Gasteiger partial charge in [-0.2, -0.15) is 0 Å². The molecule has 1 fully saturated rings. The minimum atomic E-state index is -0.469. The number of aliphatic hydroxyl groups is 1. The number of rotatable bonds is 4. The highest BCUT2D eigenvalue weighted by Gasteiger charge is 2.26. The standard InChI is InChI=1S/C12H17NO4/c1-15-11-4-3-8(5-12(11)16-2)13-9-6-17-7-10(9)14/h3-5,9-10,13-14H,6-7H2,1-2H3/t9-,10-/m0/s1. The monoisotopic (exact) mass is 239 g/mol. The SMILES string of the molecule is COc1ccc(N[C@H]2COC[C@@H]2O)cc1OC. The summed E-state index contributed by atoms with van der Waals surface area (Å²) >= 11 is 0. The van der Waals surface area contributed by atoms with Gasteiger partial charge >= 0.3 is 0 Å². The number of anilines is 1. The van der Waals surface area contributed by atoms with Crippen LogP contribution in [0.4, 0.5) is 5.69 Å². The van der Waals surface area contributed by atoms with Crippen molar-refractivity contribution >= 4 is 5.69 Å². The van der Waals surface area contributed by atoms with Crippen molar-refractivity contribution in [3.05, 3.63) is 18.2 Å². The topological polar surface area (TPSA) is 60.0 Å². The number of methoxy groups -OCH3 is 2. The minimum absolute atomic E-state index is 0.0758. The highest BCUT2D eigenvalue weighted by molar-refractivity contribution is 5.55. The number of hydrogen-bond acceptors (Lipinski definition) is 5. The van der Waals surface area contributed by atoms with Crippen LogP contribution in [0.3, 0.4) is 0 Å². The first kappa shape index (κ1) is 12.0. The zero-order valence-corrected chi connectivity index (χ0v) is 9.97. The van der Waals surface area contributed by atoms with Gasteiger partial charge in [0.1, 0.15) is 0 Å². The second-order valence-electron chi connectivity index (χ2n) is 3.93. The second-order valence-corrected chi connectivity index (χ2v) is 3.93. The maximum absolute atomic E-state index is 9.63. The molecule has 1 aromatic rings. The number of benzene rings is 1. The fourth-order valence-corrected chi connectivity index (χ4v) is 1.82. The van der Waals surface area contributed by atoms with E-state index in [1.807, 2.05) is 18.2 Å². The first-order valence-electron chi connectivity index (χ1n) is 5.49. The molecule has 0 bridgehead atoms. The van der Waals surface area contributed by atoms with E-state index >= 15 is 0 Å². The van der Waals surface area contributed by atoms with Crippen LogP contribution in [0.25, 0.3) is 0 Å². The average molecular weight is 239 g/mol. The van der Waals surface area contributed by atoms with Crippen LogP contribution in [-0.4, -0.2) is 44.7 Å². The molecule has 0 amide bonds. The van der Waals surface area contributed by atoms with Gasteiger partial charge in [0.2, 0.25) is 0 Å². The fraction of sp³-hybridized carbons (Fsp3) is 0.500. The van der Waals surface area contributed by atoms with Gasteiger partial charge in [-0.1, -0.05) is 0 Å². The lowest BCUT2D eigenvalue weighted by molar-refractivity contribution is 0.125. The highest BCUT2D eigenvalue weighted by atomic mass is 16.5. The molecule has 2 rings (SSSR count). The van der Waals surface area contributed by atoms with Crippen molar-refractivity contribution in [1.82, 2.24) is 0 Å². The largest absolute Gasteiger partial charge is 0.493 e. The molecule has 0 unspecified atom stereocenters. The lowest BCUT2D eigenvalue weighted by Gasteiger charge is -2.17. The fourth-order valence-electron chi connectivity index (χ4n) is 1.82. The Labute approximate surface area is 100 Å². The lowest BCUT2D eigenvalue weighted by Crippen LogP contribution is -2.31. The smallest absolute Gasteiger partial charge is 0.162 e. The van der Waals surface area contributed by atoms with Crippen LogP contribution in [0.2, 0.25) is 0 Å². The van der Waals surface area contributed by atoms with E-state index in [1.54, 1.807) is 14.2 Å². The molecule has 0 aliphatic carbocycles. The van der Waals surface area contributed by atoms with Crippen LogP contribution < -0.4 is 14.8 Å². The first-order chi connectivity index (χ1) is 8.24. The van der Waals surface area contributed by atoms with Gasteiger partial charge in [0.25, 0.3) is 0 Å². The third-order valence-electron chi connectivity index (χ3n) is 2.79. The van der Waals surface area contributed by atoms with E-state index in [1.165, 1.54) is 0 Å². The predicted octanol–water partition coefficient (Wildman–Crippen LogP) is 0.875. The van der Waals surface area contributed by atoms with Crippen LogP contribution in [0.1, 0.15) is 0 Å². The van der Waals surface area contributed by atoms with Crippen molar-refractivity contribution in [2.45, 2.75) is 12.1 Å². The van der Waals surface area contributed by atoms with Crippen molar-refractivity contribution in [3.63, 3.8) is 0 Å². The molecular formula is C12H17NO4. The van der Waals surface area contributed by atoms with E-state index in [4.69, 9.17) is 14.2 Å². The molecule has 1 aliphatic rings. The summed E-state index contributed by atoms with van der Waals surface area (Å²) in [5, 5.41) is 12.8. The summed E-state index contributed by atoms with van der Waals surface area (Å²) in [6, 6.07) is 5.47. The average Bonchev–Trinajstić information content (AvgIpc) is 2.75. The Morgan fingerprint density at radius 2 is 2.00 bits per heavy atom. The van der Waals surface area contributed by atoms with Crippen molar-refractivity contribution in [3.8, 4) is 11.5 Å². The van der Waals surface area contributed by atoms with Gasteiger partial charge in [0.15, 0.2) is 11.5 Å². The summed E-state index contributed by atoms with van der Waals surface area (Å²) in [6.07, 6.45) is -0.469. The molecule has 0 saturated carbocycles. The van der Waals surface area contributed by atoms with Crippen molar-refractivity contribution in [1.29, 1.82) is 0 Å². The van der Waals surface area contributed by atoms with Gasteiger partial charge in [0, 0.05) is 11.8 Å². The van der Waals surface area contributed by atoms with Crippen LogP contribution in [0.5, 0.6) is 11.5 Å². The predicted molar refractivity (Wildman–Crippen MR) is 63.8 cm³/mol. The first-order valence-corrected chi connectivity index (χ1v) is 5.49. The van der Waals surface area contributed by atoms with Crippen LogP contribution in [0.15, 0.2) is 18.2 Å². The number of aliphatic hydroxyl groups excluding tert-OH is 1. The van der Waals surface area contributed by atoms with E-state index in [-0.39, 0.29) is 6.04 Å². The molecule has 1 heterocycles. The summed E-state index contributed by atoms with van der Waals surface area (Å²) in [7, 11) is 3.19. The second kappa shape index (κ2) is 5.25. The number of ether oxygens (including phenoxy) is 3. The summed E-state index contributed by atoms with van der Waals surface area (Å²) < 4.78 is 15.5. The number of hydrogen-bond donors (Lipinski definition) is 2. The minimum Gasteiger partial charge on any atom is -0.493 e. The molecule has 2 N–H and O–H groups in total. The molecule has 1 aliphatic heterocycles. The molecule has 5 nitrogen and oxygen atoms in total. The van der Waals surface area contributed by atoms with E-state index in [0.717, 1.165) is 5.69 Å². The van der Waals surface area contributed by atoms with E-state index in [2.05, 4.69) is 5.32 Å². The zero-order chi connectivity index (χ0) is 12.3. The van der Waals surface area contributed by atoms with Crippen molar-refractivity contribution in [2.75, 3.05) is 32.8 Å². The Balaban J connectivity index is 2.10. The Kier molecular flexibility index (Phi) is 3.71. The molecular weight excluding hydrogens is 222 g/mol. The van der Waals surface area contributed by atoms with Gasteiger partial charge < -0.3 is 24.6 Å². The number of nitrogens with one attached hydrogen (secondary N) is 1. The van der Waals surface area contributed by atoms with Crippen LogP contribution >= 0.6 is 0 Å². The van der Waals surface area contributed by atoms with Gasteiger partial charge in [0.05, 0.1) is 39.6 Å². The van der Waals surface area contributed by atoms with Crippen molar-refractivity contribution < 1.29 is 19.3 Å². The summed E-state index contributed by atoms with van der Waals surface area (Å²) in [5.74, 6) is 1.34. The Morgan fingerprint density at radius 3 is 2.59 bits per heavy atom. The summed E-state index contributed by atoms with van der Waals surface area (Å²) in [4.78, 5) is 0. The molecule has 94 valence electrons. The molecule has 0 radical (unpaired) electrons. The maximum Gasteiger partial charge on any atom is 0.162 e. The molecule has 0 spiro atoms. The van der Waals surface area contributed by atoms with Gasteiger partial charge in [-0.05, 0) is 12.1 Å². The van der Waals surface area contributed by atoms with E-state index < -0.39 is 6.10 Å². The molecule has 2 atom stereocenters. The lowest BCUT2D eigenvalue weighted by atomic mass is 10.2. The van der Waals surface area contributed by atoms with E-state index in [0.29, 0.717) is 24.7 Å². The Morgan fingerprint density at radius 1 is 1.24 bits per heavy atom. The molecule has 1 aromatic carbocycles. The zero-order valence-electron chi connectivity index (χ0n) is 9.97. The maximum atomic E-state index is 9.63. The molecule has 17 heavy (non-hydrogen) atoms. The third kappa shape index (κ3) is 2.62. The molecule has 5 heteroatoms. The van der Waals surface area contributed by atoms with Gasteiger partial charge in [-0.25, -0.2) is 0 Å². The quantitative estimate of drug-likeness (QED) is 0.816.